The summed E-state index contributed by atoms with van der Waals surface area (Å²) < 4.78 is 0. The Hall–Kier alpha value is -7.53. The number of aromatic nitrogens is 3. The molecule has 0 atom stereocenters. The van der Waals surface area contributed by atoms with Crippen LogP contribution in [0, 0.1) is 13.8 Å². The van der Waals surface area contributed by atoms with E-state index in [1.165, 1.54) is 12.1 Å². The number of benzene rings is 4. The Balaban J connectivity index is 1.31. The molecule has 7 aromatic rings. The zero-order chi connectivity index (χ0) is 39.8. The van der Waals surface area contributed by atoms with E-state index in [2.05, 4.69) is 50.1 Å². The fourth-order valence-corrected chi connectivity index (χ4v) is 7.65. The van der Waals surface area contributed by atoms with Crippen LogP contribution in [0.25, 0.3) is 22.3 Å². The SMILES string of the molecule is Cc1c2[nH]c(c1-c1ccccc1)C(=O)Nc1cccc(c1)NC(=O)c1cccc(n1)C(=O)Nc1cccc(c1)NC(=O)c1[nH]c(c(C)c1-c1ccccc1)C2(C)C. The predicted molar refractivity (Wildman–Crippen MR) is 223 cm³/mol. The number of hydrogen-bond acceptors (Lipinski definition) is 5. The van der Waals surface area contributed by atoms with Crippen molar-refractivity contribution < 1.29 is 19.2 Å². The monoisotopic (exact) mass is 753 g/mol. The van der Waals surface area contributed by atoms with Crippen LogP contribution in [0.15, 0.2) is 127 Å². The van der Waals surface area contributed by atoms with Gasteiger partial charge < -0.3 is 31.2 Å². The quantitative estimate of drug-likeness (QED) is 0.104. The Morgan fingerprint density at radius 3 is 1.18 bits per heavy atom. The molecule has 0 saturated carbocycles. The molecule has 0 fully saturated rings. The minimum atomic E-state index is -0.773. The molecule has 1 aliphatic heterocycles. The normalized spacial score (nSPS) is 14.1. The highest BCUT2D eigenvalue weighted by molar-refractivity contribution is 6.11. The largest absolute Gasteiger partial charge is 0.353 e. The van der Waals surface area contributed by atoms with Gasteiger partial charge in [0.2, 0.25) is 0 Å². The van der Waals surface area contributed by atoms with Crippen LogP contribution in [-0.2, 0) is 5.41 Å². The van der Waals surface area contributed by atoms with Gasteiger partial charge in [-0.1, -0.05) is 78.9 Å². The number of nitrogens with zero attached hydrogens (tertiary/aromatic N) is 1. The van der Waals surface area contributed by atoms with Crippen LogP contribution in [0.1, 0.15) is 78.3 Å². The van der Waals surface area contributed by atoms with Crippen molar-refractivity contribution in [1.29, 1.82) is 0 Å². The van der Waals surface area contributed by atoms with Crippen molar-refractivity contribution in [2.75, 3.05) is 21.3 Å². The second kappa shape index (κ2) is 14.6. The summed E-state index contributed by atoms with van der Waals surface area (Å²) in [5, 5.41) is 11.7. The summed E-state index contributed by atoms with van der Waals surface area (Å²) in [6.45, 7) is 8.11. The smallest absolute Gasteiger partial charge is 0.274 e. The van der Waals surface area contributed by atoms with Crippen LogP contribution < -0.4 is 21.3 Å². The zero-order valence-corrected chi connectivity index (χ0v) is 31.7. The van der Waals surface area contributed by atoms with Gasteiger partial charge in [-0.05, 0) is 98.5 Å². The number of carbonyl (C=O) groups is 4. The number of amides is 4. The number of H-pyrrole nitrogens is 2. The summed E-state index contributed by atoms with van der Waals surface area (Å²) in [6, 6.07) is 37.6. The van der Waals surface area contributed by atoms with E-state index in [1.807, 2.05) is 74.5 Å². The maximum atomic E-state index is 14.3. The number of fused-ring (bicyclic) bond motifs is 10. The van der Waals surface area contributed by atoms with Crippen molar-refractivity contribution in [2.24, 2.45) is 0 Å². The molecule has 10 bridgehead atoms. The maximum Gasteiger partial charge on any atom is 0.274 e. The highest BCUT2D eigenvalue weighted by atomic mass is 16.2. The van der Waals surface area contributed by atoms with Gasteiger partial charge in [-0.15, -0.1) is 0 Å². The second-order valence-corrected chi connectivity index (χ2v) is 14.5. The topological polar surface area (TPSA) is 161 Å². The van der Waals surface area contributed by atoms with Gasteiger partial charge in [0.25, 0.3) is 23.6 Å². The van der Waals surface area contributed by atoms with Gasteiger partial charge in [-0.3, -0.25) is 19.2 Å². The number of pyridine rings is 1. The zero-order valence-electron chi connectivity index (χ0n) is 31.7. The molecule has 11 nitrogen and oxygen atoms in total. The second-order valence-electron chi connectivity index (χ2n) is 14.5. The third-order valence-electron chi connectivity index (χ3n) is 10.3. The molecule has 3 aromatic heterocycles. The van der Waals surface area contributed by atoms with E-state index >= 15 is 0 Å². The third kappa shape index (κ3) is 6.98. The van der Waals surface area contributed by atoms with Crippen molar-refractivity contribution in [3.8, 4) is 22.3 Å². The number of anilines is 4. The number of aromatic amines is 2. The van der Waals surface area contributed by atoms with Crippen molar-refractivity contribution in [1.82, 2.24) is 15.0 Å². The average molecular weight is 754 g/mol. The molecular formula is C46H39N7O4. The van der Waals surface area contributed by atoms with Crippen LogP contribution in [0.2, 0.25) is 0 Å². The van der Waals surface area contributed by atoms with Gasteiger partial charge in [0.1, 0.15) is 22.8 Å². The summed E-state index contributed by atoms with van der Waals surface area (Å²) in [4.78, 5) is 66.7. The van der Waals surface area contributed by atoms with Gasteiger partial charge in [0.05, 0.1) is 0 Å². The first kappa shape index (κ1) is 36.4. The molecule has 6 N–H and O–H groups in total. The van der Waals surface area contributed by atoms with Gasteiger partial charge in [-0.2, -0.15) is 0 Å². The van der Waals surface area contributed by atoms with Crippen LogP contribution >= 0.6 is 0 Å². The molecular weight excluding hydrogens is 715 g/mol. The van der Waals surface area contributed by atoms with Crippen LogP contribution in [0.3, 0.4) is 0 Å². The van der Waals surface area contributed by atoms with Gasteiger partial charge in [0.15, 0.2) is 0 Å². The molecule has 282 valence electrons. The summed E-state index contributed by atoms with van der Waals surface area (Å²) in [5.74, 6) is -1.84. The molecule has 4 heterocycles. The molecule has 4 amide bonds. The van der Waals surface area contributed by atoms with E-state index in [9.17, 15) is 19.2 Å². The maximum absolute atomic E-state index is 14.3. The van der Waals surface area contributed by atoms with Crippen LogP contribution in [-0.4, -0.2) is 38.6 Å². The molecule has 0 aliphatic carbocycles. The average Bonchev–Trinajstić information content (AvgIpc) is 3.76. The fraction of sp³-hybridized carbons (Fsp3) is 0.109. The molecule has 0 radical (unpaired) electrons. The minimum Gasteiger partial charge on any atom is -0.353 e. The van der Waals surface area contributed by atoms with Crippen molar-refractivity contribution in [2.45, 2.75) is 33.1 Å². The molecule has 1 aliphatic rings. The van der Waals surface area contributed by atoms with Gasteiger partial charge in [0, 0.05) is 50.7 Å². The molecule has 4 aromatic carbocycles. The first-order valence-corrected chi connectivity index (χ1v) is 18.5. The number of hydrogen-bond donors (Lipinski definition) is 6. The third-order valence-corrected chi connectivity index (χ3v) is 10.3. The Morgan fingerprint density at radius 1 is 0.439 bits per heavy atom. The van der Waals surface area contributed by atoms with Gasteiger partial charge in [-0.25, -0.2) is 4.98 Å². The van der Waals surface area contributed by atoms with E-state index in [0.29, 0.717) is 34.1 Å². The van der Waals surface area contributed by atoms with Crippen LogP contribution in [0.4, 0.5) is 22.7 Å². The lowest BCUT2D eigenvalue weighted by molar-refractivity contribution is 0.100. The minimum absolute atomic E-state index is 0.0203. The van der Waals surface area contributed by atoms with Gasteiger partial charge >= 0.3 is 0 Å². The molecule has 8 rings (SSSR count). The Kier molecular flexibility index (Phi) is 9.34. The summed E-state index contributed by atoms with van der Waals surface area (Å²) in [6.07, 6.45) is 0. The first-order chi connectivity index (χ1) is 27.5. The van der Waals surface area contributed by atoms with E-state index < -0.39 is 17.2 Å². The predicted octanol–water partition coefficient (Wildman–Crippen LogP) is 9.34. The first-order valence-electron chi connectivity index (χ1n) is 18.5. The van der Waals surface area contributed by atoms with Crippen molar-refractivity contribution >= 4 is 46.4 Å². The summed E-state index contributed by atoms with van der Waals surface area (Å²) in [7, 11) is 0. The molecule has 57 heavy (non-hydrogen) atoms. The van der Waals surface area contributed by atoms with E-state index in [4.69, 9.17) is 0 Å². The molecule has 0 saturated heterocycles. The highest BCUT2D eigenvalue weighted by Crippen LogP contribution is 2.43. The Bertz CT molecular complexity index is 2530. The molecule has 0 unspecified atom stereocenters. The van der Waals surface area contributed by atoms with Crippen molar-refractivity contribution in [3.05, 3.63) is 173 Å². The highest BCUT2D eigenvalue weighted by Gasteiger charge is 2.36. The fourth-order valence-electron chi connectivity index (χ4n) is 7.65. The Morgan fingerprint density at radius 2 is 0.789 bits per heavy atom. The standard InChI is InChI=1S/C46H39N7O4/c1-26-36(28-14-7-5-8-15-28)38-44(56)49-32-20-11-18-30(24-32)47-42(54)34-22-13-23-35(51-34)43(55)48-31-19-12-21-33(25-31)50-45(57)39-37(29-16-9-6-10-17-29)27(2)41(53-39)46(3,4)40(26)52-38/h5-25,52-53H,1-4H3,(H,47,54)(H,48,55)(H,49,56)(H,50,57). The lowest BCUT2D eigenvalue weighted by atomic mass is 9.80. The number of nitrogens with one attached hydrogen (secondary N) is 6. The Labute approximate surface area is 329 Å². The lowest BCUT2D eigenvalue weighted by Gasteiger charge is -2.25. The molecule has 11 heteroatoms. The summed E-state index contributed by atoms with van der Waals surface area (Å²) >= 11 is 0. The summed E-state index contributed by atoms with van der Waals surface area (Å²) in [5.41, 5.74) is 8.24. The lowest BCUT2D eigenvalue weighted by Crippen LogP contribution is -2.23. The van der Waals surface area contributed by atoms with E-state index in [0.717, 1.165) is 44.8 Å². The number of rotatable bonds is 2. The van der Waals surface area contributed by atoms with Crippen LogP contribution in [0.5, 0.6) is 0 Å². The van der Waals surface area contributed by atoms with Crippen molar-refractivity contribution in [3.63, 3.8) is 0 Å². The number of carbonyl (C=O) groups excluding carboxylic acids is 4. The molecule has 0 spiro atoms. The van der Waals surface area contributed by atoms with E-state index in [1.54, 1.807) is 54.6 Å². The van der Waals surface area contributed by atoms with E-state index in [-0.39, 0.29) is 23.2 Å².